The second kappa shape index (κ2) is 11.3. The summed E-state index contributed by atoms with van der Waals surface area (Å²) in [6, 6.07) is 18.2. The molecule has 0 bridgehead atoms. The third-order valence-electron chi connectivity index (χ3n) is 4.09. The van der Waals surface area contributed by atoms with E-state index in [-0.39, 0.29) is 14.2 Å². The number of rotatable bonds is 3. The van der Waals surface area contributed by atoms with Crippen molar-refractivity contribution in [2.24, 2.45) is 0 Å². The van der Waals surface area contributed by atoms with Gasteiger partial charge in [-0.15, -0.1) is 0 Å². The highest BCUT2D eigenvalue weighted by Crippen LogP contribution is 2.25. The summed E-state index contributed by atoms with van der Waals surface area (Å²) in [7, 11) is 0. The maximum Gasteiger partial charge on any atom is 0.123 e. The molecule has 1 aliphatic heterocycles. The highest BCUT2D eigenvalue weighted by molar-refractivity contribution is 7.97. The van der Waals surface area contributed by atoms with Crippen LogP contribution in [0.25, 0.3) is 0 Å². The van der Waals surface area contributed by atoms with E-state index in [1.54, 1.807) is 23.9 Å². The standard InChI is InChI=1S/C18H21FN2.C2H6S.B/c1-14-12-21(13-15-5-3-2-4-6-15)18(11-20-14)16-7-9-17(19)10-8-16;1-3-2;/h2-10,14,18,20H,11-13H2,1H3;1-2H3;/t14-,18-;;/m1../s1. The Labute approximate surface area is 157 Å². The van der Waals surface area contributed by atoms with E-state index in [4.69, 9.17) is 0 Å². The lowest BCUT2D eigenvalue weighted by molar-refractivity contribution is 0.127. The van der Waals surface area contributed by atoms with E-state index in [2.05, 4.69) is 41.4 Å². The fourth-order valence-corrected chi connectivity index (χ4v) is 2.99. The molecule has 1 saturated heterocycles. The van der Waals surface area contributed by atoms with Gasteiger partial charge in [0.2, 0.25) is 0 Å². The van der Waals surface area contributed by atoms with E-state index < -0.39 is 0 Å². The minimum absolute atomic E-state index is 0. The van der Waals surface area contributed by atoms with Crippen LogP contribution in [0, 0.1) is 5.82 Å². The number of hydrogen-bond donors (Lipinski definition) is 1. The molecule has 1 aliphatic rings. The first-order chi connectivity index (χ1) is 11.6. The molecule has 0 saturated carbocycles. The number of nitrogens with one attached hydrogen (secondary N) is 1. The molecule has 1 N–H and O–H groups in total. The molecule has 25 heavy (non-hydrogen) atoms. The highest BCUT2D eigenvalue weighted by atomic mass is 32.2. The predicted octanol–water partition coefficient (Wildman–Crippen LogP) is 3.96. The smallest absolute Gasteiger partial charge is 0.123 e. The van der Waals surface area contributed by atoms with Crippen LogP contribution in [0.1, 0.15) is 24.1 Å². The molecule has 0 amide bonds. The average Bonchev–Trinajstić information content (AvgIpc) is 2.58. The summed E-state index contributed by atoms with van der Waals surface area (Å²) in [4.78, 5) is 2.48. The van der Waals surface area contributed by atoms with Crippen LogP contribution in [0.4, 0.5) is 4.39 Å². The molecule has 2 nitrogen and oxygen atoms in total. The molecule has 0 aromatic heterocycles. The fourth-order valence-electron chi connectivity index (χ4n) is 2.99. The van der Waals surface area contributed by atoms with Gasteiger partial charge in [0.05, 0.1) is 0 Å². The van der Waals surface area contributed by atoms with Crippen LogP contribution in [-0.4, -0.2) is 45.0 Å². The van der Waals surface area contributed by atoms with Gasteiger partial charge in [0.15, 0.2) is 0 Å². The van der Waals surface area contributed by atoms with E-state index in [1.807, 2.05) is 30.7 Å². The van der Waals surface area contributed by atoms with Crippen molar-refractivity contribution in [3.63, 3.8) is 0 Å². The van der Waals surface area contributed by atoms with Gasteiger partial charge in [0.25, 0.3) is 0 Å². The monoisotopic (exact) mass is 357 g/mol. The van der Waals surface area contributed by atoms with Gasteiger partial charge in [-0.1, -0.05) is 42.5 Å². The first-order valence-corrected chi connectivity index (χ1v) is 9.94. The van der Waals surface area contributed by atoms with Gasteiger partial charge in [0.1, 0.15) is 5.82 Å². The van der Waals surface area contributed by atoms with Gasteiger partial charge in [-0.3, -0.25) is 4.90 Å². The first-order valence-electron chi connectivity index (χ1n) is 8.31. The summed E-state index contributed by atoms with van der Waals surface area (Å²) in [6.07, 6.45) is 4.08. The molecule has 1 fully saturated rings. The van der Waals surface area contributed by atoms with Crippen LogP contribution in [-0.2, 0) is 6.54 Å². The van der Waals surface area contributed by atoms with Gasteiger partial charge in [-0.25, -0.2) is 4.39 Å². The molecule has 5 heteroatoms. The molecule has 3 rings (SSSR count). The number of thioether (sulfide) groups is 1. The predicted molar refractivity (Wildman–Crippen MR) is 109 cm³/mol. The Morgan fingerprint density at radius 3 is 2.28 bits per heavy atom. The highest BCUT2D eigenvalue weighted by Gasteiger charge is 2.26. The lowest BCUT2D eigenvalue weighted by Crippen LogP contribution is -2.50. The van der Waals surface area contributed by atoms with Crippen molar-refractivity contribution < 1.29 is 4.39 Å². The van der Waals surface area contributed by atoms with Crippen molar-refractivity contribution in [1.29, 1.82) is 0 Å². The van der Waals surface area contributed by atoms with Crippen molar-refractivity contribution in [2.45, 2.75) is 25.6 Å². The molecule has 3 radical (unpaired) electrons. The topological polar surface area (TPSA) is 15.3 Å². The molecular formula is C20H27BFN2S. The van der Waals surface area contributed by atoms with Gasteiger partial charge >= 0.3 is 0 Å². The third-order valence-corrected chi connectivity index (χ3v) is 4.09. The molecule has 2 aromatic rings. The second-order valence-corrected chi connectivity index (χ2v) is 7.02. The maximum absolute atomic E-state index is 13.1. The SMILES string of the molecule is CSC.C[C@@H]1CN(Cc2ccccc2)[C@@H](c2ccc(F)cc2)CN1.[B]. The molecule has 0 aliphatic carbocycles. The molecule has 0 spiro atoms. The normalized spacial score (nSPS) is 20.2. The zero-order valence-electron chi connectivity index (χ0n) is 15.3. The van der Waals surface area contributed by atoms with Gasteiger partial charge in [0, 0.05) is 40.1 Å². The number of hydrogen-bond acceptors (Lipinski definition) is 3. The minimum Gasteiger partial charge on any atom is -0.311 e. The molecule has 1 heterocycles. The Morgan fingerprint density at radius 1 is 1.08 bits per heavy atom. The lowest BCUT2D eigenvalue weighted by Gasteiger charge is -2.39. The summed E-state index contributed by atoms with van der Waals surface area (Å²) in [5, 5.41) is 3.53. The minimum atomic E-state index is -0.175. The van der Waals surface area contributed by atoms with Crippen molar-refractivity contribution in [2.75, 3.05) is 25.6 Å². The summed E-state index contributed by atoms with van der Waals surface area (Å²) in [5.74, 6) is -0.175. The number of nitrogens with zero attached hydrogens (tertiary/aromatic N) is 1. The number of benzene rings is 2. The fraction of sp³-hybridized carbons (Fsp3) is 0.400. The van der Waals surface area contributed by atoms with E-state index in [1.165, 1.54) is 11.1 Å². The van der Waals surface area contributed by atoms with Crippen LogP contribution in [0.2, 0.25) is 0 Å². The molecule has 133 valence electrons. The largest absolute Gasteiger partial charge is 0.311 e. The van der Waals surface area contributed by atoms with E-state index in [0.29, 0.717) is 12.1 Å². The summed E-state index contributed by atoms with van der Waals surface area (Å²) < 4.78 is 13.1. The Hall–Kier alpha value is -1.30. The van der Waals surface area contributed by atoms with Crippen LogP contribution < -0.4 is 5.32 Å². The third kappa shape index (κ3) is 6.85. The quantitative estimate of drug-likeness (QED) is 0.838. The molecule has 0 unspecified atom stereocenters. The van der Waals surface area contributed by atoms with Crippen LogP contribution >= 0.6 is 11.8 Å². The summed E-state index contributed by atoms with van der Waals surface area (Å²) >= 11 is 1.75. The Kier molecular flexibility index (Phi) is 9.87. The van der Waals surface area contributed by atoms with Crippen molar-refractivity contribution in [3.05, 3.63) is 71.5 Å². The summed E-state index contributed by atoms with van der Waals surface area (Å²) in [5.41, 5.74) is 2.49. The van der Waals surface area contributed by atoms with E-state index >= 15 is 0 Å². The van der Waals surface area contributed by atoms with Crippen molar-refractivity contribution >= 4 is 20.2 Å². The summed E-state index contributed by atoms with van der Waals surface area (Å²) in [6.45, 7) is 5.03. The molecule has 2 atom stereocenters. The Balaban J connectivity index is 0.000000730. The molecular weight excluding hydrogens is 330 g/mol. The first kappa shape index (κ1) is 21.7. The van der Waals surface area contributed by atoms with E-state index in [9.17, 15) is 4.39 Å². The van der Waals surface area contributed by atoms with Crippen molar-refractivity contribution in [3.8, 4) is 0 Å². The van der Waals surface area contributed by atoms with Crippen LogP contribution in [0.5, 0.6) is 0 Å². The van der Waals surface area contributed by atoms with Gasteiger partial charge in [-0.2, -0.15) is 11.8 Å². The van der Waals surface area contributed by atoms with Gasteiger partial charge < -0.3 is 5.32 Å². The van der Waals surface area contributed by atoms with E-state index in [0.717, 1.165) is 19.6 Å². The lowest BCUT2D eigenvalue weighted by atomic mass is 10.0. The van der Waals surface area contributed by atoms with Gasteiger partial charge in [-0.05, 0) is 42.7 Å². The zero-order chi connectivity index (χ0) is 17.4. The number of halogens is 1. The van der Waals surface area contributed by atoms with Crippen LogP contribution in [0.3, 0.4) is 0 Å². The maximum atomic E-state index is 13.1. The molecule has 2 aromatic carbocycles. The average molecular weight is 357 g/mol. The Bertz CT molecular complexity index is 594. The second-order valence-electron chi connectivity index (χ2n) is 6.20. The van der Waals surface area contributed by atoms with Crippen LogP contribution in [0.15, 0.2) is 54.6 Å². The number of piperazine rings is 1. The Morgan fingerprint density at radius 2 is 1.68 bits per heavy atom. The van der Waals surface area contributed by atoms with Crippen molar-refractivity contribution in [1.82, 2.24) is 10.2 Å². The zero-order valence-corrected chi connectivity index (χ0v) is 16.1.